The molecule has 3 rings (SSSR count). The summed E-state index contributed by atoms with van der Waals surface area (Å²) in [5.74, 6) is 0.627. The summed E-state index contributed by atoms with van der Waals surface area (Å²) in [6.45, 7) is 3.51. The summed E-state index contributed by atoms with van der Waals surface area (Å²) < 4.78 is 23.1. The van der Waals surface area contributed by atoms with Gasteiger partial charge in [-0.2, -0.15) is 0 Å². The first kappa shape index (κ1) is 24.7. The molecule has 1 aliphatic heterocycles. The lowest BCUT2D eigenvalue weighted by Crippen LogP contribution is -2.51. The zero-order valence-electron chi connectivity index (χ0n) is 18.1. The molecule has 1 aliphatic rings. The van der Waals surface area contributed by atoms with Crippen LogP contribution in [0.5, 0.6) is 17.2 Å². The highest BCUT2D eigenvalue weighted by Gasteiger charge is 2.26. The molecule has 33 heavy (non-hydrogen) atoms. The Balaban J connectivity index is 1.53. The Bertz CT molecular complexity index is 1070. The predicted molar refractivity (Wildman–Crippen MR) is 131 cm³/mol. The van der Waals surface area contributed by atoms with Gasteiger partial charge in [-0.3, -0.25) is 20.2 Å². The van der Waals surface area contributed by atoms with Crippen molar-refractivity contribution in [3.05, 3.63) is 57.6 Å². The molecule has 10 heteroatoms. The van der Waals surface area contributed by atoms with Gasteiger partial charge in [0.15, 0.2) is 16.6 Å². The maximum Gasteiger partial charge on any atom is 0.263 e. The van der Waals surface area contributed by atoms with Crippen LogP contribution in [0, 0.1) is 6.92 Å². The number of hydrogen-bond acceptors (Lipinski definition) is 7. The molecule has 2 N–H and O–H groups in total. The van der Waals surface area contributed by atoms with Gasteiger partial charge in [0.1, 0.15) is 24.5 Å². The molecule has 0 bridgehead atoms. The third-order valence-electron chi connectivity index (χ3n) is 4.56. The molecule has 0 saturated carbocycles. The third-order valence-corrected chi connectivity index (χ3v) is 5.35. The zero-order valence-corrected chi connectivity index (χ0v) is 20.5. The SMILES string of the molecule is COc1cc(C=C2C(=O)NC(=S)NC2=O)cc(Br)c1OCCOCCOc1ccccc1C. The summed E-state index contributed by atoms with van der Waals surface area (Å²) in [6, 6.07) is 11.2. The van der Waals surface area contributed by atoms with Gasteiger partial charge in [-0.15, -0.1) is 0 Å². The minimum absolute atomic E-state index is 0.0198. The number of rotatable bonds is 10. The minimum Gasteiger partial charge on any atom is -0.493 e. The van der Waals surface area contributed by atoms with Crippen molar-refractivity contribution in [2.45, 2.75) is 6.92 Å². The van der Waals surface area contributed by atoms with Gasteiger partial charge in [-0.25, -0.2) is 0 Å². The van der Waals surface area contributed by atoms with Gasteiger partial charge < -0.3 is 18.9 Å². The lowest BCUT2D eigenvalue weighted by molar-refractivity contribution is -0.123. The number of para-hydroxylation sites is 1. The number of amides is 2. The average Bonchev–Trinajstić information content (AvgIpc) is 2.77. The van der Waals surface area contributed by atoms with Crippen LogP contribution in [-0.2, 0) is 14.3 Å². The van der Waals surface area contributed by atoms with Crippen LogP contribution in [0.3, 0.4) is 0 Å². The summed E-state index contributed by atoms with van der Waals surface area (Å²) in [5, 5.41) is 4.77. The molecule has 0 aromatic heterocycles. The molecule has 0 radical (unpaired) electrons. The molecule has 0 atom stereocenters. The van der Waals surface area contributed by atoms with Crippen LogP contribution in [0.25, 0.3) is 6.08 Å². The first-order chi connectivity index (χ1) is 15.9. The summed E-state index contributed by atoms with van der Waals surface area (Å²) in [4.78, 5) is 24.1. The maximum absolute atomic E-state index is 12.1. The van der Waals surface area contributed by atoms with Gasteiger partial charge in [0.25, 0.3) is 11.8 Å². The Morgan fingerprint density at radius 3 is 2.30 bits per heavy atom. The second-order valence-electron chi connectivity index (χ2n) is 6.90. The number of nitrogens with one attached hydrogen (secondary N) is 2. The maximum atomic E-state index is 12.1. The highest BCUT2D eigenvalue weighted by molar-refractivity contribution is 9.10. The van der Waals surface area contributed by atoms with Crippen molar-refractivity contribution in [2.75, 3.05) is 33.5 Å². The number of thiocarbonyl (C=S) groups is 1. The fourth-order valence-corrected chi connectivity index (χ4v) is 3.73. The topological polar surface area (TPSA) is 95.1 Å². The van der Waals surface area contributed by atoms with E-state index in [1.54, 1.807) is 12.1 Å². The smallest absolute Gasteiger partial charge is 0.263 e. The normalized spacial score (nSPS) is 13.3. The number of carbonyl (C=O) groups is 2. The van der Waals surface area contributed by atoms with Crippen molar-refractivity contribution in [3.8, 4) is 17.2 Å². The van der Waals surface area contributed by atoms with Gasteiger partial charge in [0.05, 0.1) is 24.8 Å². The van der Waals surface area contributed by atoms with E-state index < -0.39 is 11.8 Å². The van der Waals surface area contributed by atoms with Crippen molar-refractivity contribution in [3.63, 3.8) is 0 Å². The molecule has 0 unspecified atom stereocenters. The van der Waals surface area contributed by atoms with Crippen LogP contribution in [-0.4, -0.2) is 50.5 Å². The van der Waals surface area contributed by atoms with Crippen molar-refractivity contribution < 1.29 is 28.5 Å². The lowest BCUT2D eigenvalue weighted by Gasteiger charge is -2.17. The number of halogens is 1. The van der Waals surface area contributed by atoms with E-state index in [1.807, 2.05) is 31.2 Å². The first-order valence-electron chi connectivity index (χ1n) is 10.0. The van der Waals surface area contributed by atoms with Crippen molar-refractivity contribution >= 4 is 51.2 Å². The van der Waals surface area contributed by atoms with Crippen LogP contribution in [0.4, 0.5) is 0 Å². The Kier molecular flexibility index (Phi) is 8.81. The van der Waals surface area contributed by atoms with Gasteiger partial charge >= 0.3 is 0 Å². The van der Waals surface area contributed by atoms with E-state index in [0.29, 0.717) is 48.0 Å². The molecular formula is C23H23BrN2O6S. The molecule has 1 fully saturated rings. The monoisotopic (exact) mass is 534 g/mol. The summed E-state index contributed by atoms with van der Waals surface area (Å²) >= 11 is 8.26. The number of hydrogen-bond donors (Lipinski definition) is 2. The standard InChI is InChI=1S/C23H23BrN2O6S/c1-14-5-3-4-6-18(14)31-9-7-30-8-10-32-20-17(24)12-15(13-19(20)29-2)11-16-21(27)25-23(33)26-22(16)28/h3-6,11-13H,7-10H2,1-2H3,(H2,25,26,27,28,33). The quantitative estimate of drug-likeness (QED) is 0.209. The van der Waals surface area contributed by atoms with Crippen molar-refractivity contribution in [1.82, 2.24) is 10.6 Å². The molecule has 0 aliphatic carbocycles. The van der Waals surface area contributed by atoms with Crippen LogP contribution >= 0.6 is 28.1 Å². The van der Waals surface area contributed by atoms with Gasteiger partial charge in [0.2, 0.25) is 0 Å². The highest BCUT2D eigenvalue weighted by atomic mass is 79.9. The fraction of sp³-hybridized carbons (Fsp3) is 0.261. The molecular weight excluding hydrogens is 512 g/mol. The second kappa shape index (κ2) is 11.8. The molecule has 1 heterocycles. The Labute approximate surface area is 205 Å². The Morgan fingerprint density at radius 2 is 1.64 bits per heavy atom. The Hall–Kier alpha value is -2.95. The van der Waals surface area contributed by atoms with E-state index in [-0.39, 0.29) is 10.7 Å². The van der Waals surface area contributed by atoms with Gasteiger partial charge in [0, 0.05) is 0 Å². The lowest BCUT2D eigenvalue weighted by atomic mass is 10.1. The summed E-state index contributed by atoms with van der Waals surface area (Å²) in [5.41, 5.74) is 1.58. The predicted octanol–water partition coefficient (Wildman–Crippen LogP) is 3.15. The van der Waals surface area contributed by atoms with Crippen molar-refractivity contribution in [2.24, 2.45) is 0 Å². The molecule has 174 valence electrons. The van der Waals surface area contributed by atoms with Crippen LogP contribution in [0.15, 0.2) is 46.4 Å². The molecule has 2 amide bonds. The number of ether oxygens (including phenoxy) is 4. The number of methoxy groups -OCH3 is 1. The van der Waals surface area contributed by atoms with Crippen LogP contribution in [0.2, 0.25) is 0 Å². The summed E-state index contributed by atoms with van der Waals surface area (Å²) in [7, 11) is 1.50. The number of carbonyl (C=O) groups excluding carboxylic acids is 2. The number of benzene rings is 2. The molecule has 8 nitrogen and oxygen atoms in total. The van der Waals surface area contributed by atoms with E-state index >= 15 is 0 Å². The van der Waals surface area contributed by atoms with Gasteiger partial charge in [-0.05, 0) is 70.5 Å². The summed E-state index contributed by atoms with van der Waals surface area (Å²) in [6.07, 6.45) is 1.45. The van der Waals surface area contributed by atoms with E-state index in [1.165, 1.54) is 13.2 Å². The van der Waals surface area contributed by atoms with Crippen LogP contribution in [0.1, 0.15) is 11.1 Å². The molecule has 1 saturated heterocycles. The average molecular weight is 535 g/mol. The van der Waals surface area contributed by atoms with Gasteiger partial charge in [-0.1, -0.05) is 18.2 Å². The van der Waals surface area contributed by atoms with E-state index in [2.05, 4.69) is 26.6 Å². The fourth-order valence-electron chi connectivity index (χ4n) is 2.97. The Morgan fingerprint density at radius 1 is 0.970 bits per heavy atom. The first-order valence-corrected chi connectivity index (χ1v) is 11.2. The van der Waals surface area contributed by atoms with E-state index in [0.717, 1.165) is 11.3 Å². The molecule has 0 spiro atoms. The van der Waals surface area contributed by atoms with Crippen molar-refractivity contribution in [1.29, 1.82) is 0 Å². The molecule has 2 aromatic carbocycles. The number of aryl methyl sites for hydroxylation is 1. The van der Waals surface area contributed by atoms with Crippen LogP contribution < -0.4 is 24.8 Å². The third kappa shape index (κ3) is 6.77. The molecule has 2 aromatic rings. The zero-order chi connectivity index (χ0) is 23.8. The minimum atomic E-state index is -0.567. The second-order valence-corrected chi connectivity index (χ2v) is 8.17. The highest BCUT2D eigenvalue weighted by Crippen LogP contribution is 2.37. The van der Waals surface area contributed by atoms with E-state index in [9.17, 15) is 9.59 Å². The largest absolute Gasteiger partial charge is 0.493 e. The van der Waals surface area contributed by atoms with E-state index in [4.69, 9.17) is 31.2 Å².